The maximum Gasteiger partial charge on any atom is 0.325 e. The molecule has 0 aliphatic carbocycles. The number of carbonyl (C=O) groups excluding carboxylic acids is 4. The third kappa shape index (κ3) is 6.51. The summed E-state index contributed by atoms with van der Waals surface area (Å²) < 4.78 is 6.22. The van der Waals surface area contributed by atoms with Crippen molar-refractivity contribution >= 4 is 35.6 Å². The number of nitrogens with one attached hydrogen (secondary N) is 4. The average Bonchev–Trinajstić information content (AvgIpc) is 2.92. The van der Waals surface area contributed by atoms with Crippen LogP contribution in [0.4, 0.5) is 0 Å². The molecule has 0 unspecified atom stereocenters. The van der Waals surface area contributed by atoms with Crippen molar-refractivity contribution in [2.75, 3.05) is 0 Å². The lowest BCUT2D eigenvalue weighted by molar-refractivity contribution is -0.141. The largest absolute Gasteiger partial charge is 0.480 e. The molecule has 13 heteroatoms. The fraction of sp³-hybridized carbons (Fsp3) is 0.379. The summed E-state index contributed by atoms with van der Waals surface area (Å²) in [6.45, 7) is 9.20. The van der Waals surface area contributed by atoms with E-state index in [-0.39, 0.29) is 22.6 Å². The van der Waals surface area contributed by atoms with Gasteiger partial charge in [0.25, 0.3) is 11.8 Å². The van der Waals surface area contributed by atoms with Gasteiger partial charge in [-0.15, -0.1) is 0 Å². The maximum absolute atomic E-state index is 13.3. The standard InChI is InChI=1S/C29H34N4O9/c1-13(23(34)32-15(3)27(38)39)30-25(36)17-9-7-11-19-21(17)42-22-18(10-8-12-20(22)29(19,5)6)26(37)31-14(2)24(35)33-16(4)28(40)41/h7-16H,1-6H3,(H,30,36)(H,31,37)(H,32,34)(H,33,35)(H,38,39)(H,40,41)/t13-,14-,15-,16-/m0/s1. The van der Waals surface area contributed by atoms with E-state index in [0.29, 0.717) is 11.1 Å². The van der Waals surface area contributed by atoms with Crippen LogP contribution in [0.25, 0.3) is 0 Å². The highest BCUT2D eigenvalue weighted by molar-refractivity contribution is 6.03. The Balaban J connectivity index is 1.90. The summed E-state index contributed by atoms with van der Waals surface area (Å²) in [6, 6.07) is 5.43. The van der Waals surface area contributed by atoms with Crippen LogP contribution < -0.4 is 26.0 Å². The minimum Gasteiger partial charge on any atom is -0.480 e. The Hall–Kier alpha value is -4.94. The Morgan fingerprint density at radius 1 is 0.619 bits per heavy atom. The van der Waals surface area contributed by atoms with Crippen LogP contribution in [0.2, 0.25) is 0 Å². The Morgan fingerprint density at radius 3 is 1.31 bits per heavy atom. The highest BCUT2D eigenvalue weighted by Crippen LogP contribution is 2.50. The fourth-order valence-corrected chi connectivity index (χ4v) is 4.36. The van der Waals surface area contributed by atoms with Crippen LogP contribution in [0.1, 0.15) is 73.4 Å². The van der Waals surface area contributed by atoms with Crippen molar-refractivity contribution in [2.24, 2.45) is 0 Å². The van der Waals surface area contributed by atoms with Gasteiger partial charge in [0.1, 0.15) is 35.7 Å². The zero-order chi connectivity index (χ0) is 31.5. The molecular formula is C29H34N4O9. The number of ether oxygens (including phenoxy) is 1. The summed E-state index contributed by atoms with van der Waals surface area (Å²) in [7, 11) is 0. The third-order valence-corrected chi connectivity index (χ3v) is 7.01. The van der Waals surface area contributed by atoms with E-state index in [1.165, 1.54) is 39.8 Å². The average molecular weight is 583 g/mol. The topological polar surface area (TPSA) is 200 Å². The van der Waals surface area contributed by atoms with Crippen LogP contribution in [-0.2, 0) is 24.6 Å². The van der Waals surface area contributed by atoms with Gasteiger partial charge in [-0.25, -0.2) is 0 Å². The first-order valence-electron chi connectivity index (χ1n) is 13.2. The van der Waals surface area contributed by atoms with Crippen LogP contribution in [0.5, 0.6) is 11.5 Å². The Bertz CT molecular complexity index is 1350. The molecule has 0 bridgehead atoms. The lowest BCUT2D eigenvalue weighted by atomic mass is 9.74. The summed E-state index contributed by atoms with van der Waals surface area (Å²) in [5.74, 6) is -4.81. The molecule has 42 heavy (non-hydrogen) atoms. The lowest BCUT2D eigenvalue weighted by Crippen LogP contribution is -2.49. The molecule has 13 nitrogen and oxygen atoms in total. The van der Waals surface area contributed by atoms with Gasteiger partial charge in [-0.3, -0.25) is 28.8 Å². The van der Waals surface area contributed by atoms with Crippen LogP contribution >= 0.6 is 0 Å². The molecule has 4 amide bonds. The number of carbonyl (C=O) groups is 6. The maximum atomic E-state index is 13.3. The minimum atomic E-state index is -1.22. The van der Waals surface area contributed by atoms with Crippen molar-refractivity contribution in [3.8, 4) is 11.5 Å². The molecule has 0 saturated carbocycles. The molecule has 2 aromatic carbocycles. The summed E-state index contributed by atoms with van der Waals surface area (Å²) >= 11 is 0. The first-order valence-corrected chi connectivity index (χ1v) is 13.2. The lowest BCUT2D eigenvalue weighted by Gasteiger charge is -2.36. The third-order valence-electron chi connectivity index (χ3n) is 7.01. The number of rotatable bonds is 10. The number of amides is 4. The van der Waals surface area contributed by atoms with Gasteiger partial charge in [0.05, 0.1) is 11.1 Å². The highest BCUT2D eigenvalue weighted by Gasteiger charge is 2.39. The molecule has 0 spiro atoms. The van der Waals surface area contributed by atoms with Crippen molar-refractivity contribution in [3.63, 3.8) is 0 Å². The molecule has 1 aliphatic heterocycles. The molecule has 0 saturated heterocycles. The van der Waals surface area contributed by atoms with E-state index in [4.69, 9.17) is 14.9 Å². The van der Waals surface area contributed by atoms with Crippen molar-refractivity contribution in [3.05, 3.63) is 58.7 Å². The van der Waals surface area contributed by atoms with E-state index in [0.717, 1.165) is 0 Å². The van der Waals surface area contributed by atoms with Crippen LogP contribution in [0.3, 0.4) is 0 Å². The second-order valence-corrected chi connectivity index (χ2v) is 10.6. The number of para-hydroxylation sites is 2. The molecule has 6 N–H and O–H groups in total. The van der Waals surface area contributed by atoms with Crippen molar-refractivity contribution < 1.29 is 43.7 Å². The zero-order valence-electron chi connectivity index (χ0n) is 24.0. The second kappa shape index (κ2) is 12.3. The summed E-state index contributed by atoms with van der Waals surface area (Å²) in [6.07, 6.45) is 0. The van der Waals surface area contributed by atoms with Crippen LogP contribution in [0.15, 0.2) is 36.4 Å². The van der Waals surface area contributed by atoms with E-state index in [1.54, 1.807) is 24.3 Å². The summed E-state index contributed by atoms with van der Waals surface area (Å²) in [4.78, 5) is 73.5. The fourth-order valence-electron chi connectivity index (χ4n) is 4.36. The molecule has 224 valence electrons. The van der Waals surface area contributed by atoms with Gasteiger partial charge in [-0.1, -0.05) is 38.1 Å². The van der Waals surface area contributed by atoms with E-state index >= 15 is 0 Å². The van der Waals surface area contributed by atoms with Crippen LogP contribution in [0, 0.1) is 0 Å². The molecule has 0 fully saturated rings. The van der Waals surface area contributed by atoms with Crippen molar-refractivity contribution in [2.45, 2.75) is 71.1 Å². The number of carboxylic acid groups (broad SMARTS) is 2. The van der Waals surface area contributed by atoms with Gasteiger partial charge < -0.3 is 36.2 Å². The monoisotopic (exact) mass is 582 g/mol. The molecule has 0 aromatic heterocycles. The first kappa shape index (κ1) is 31.6. The smallest absolute Gasteiger partial charge is 0.325 e. The number of fused-ring (bicyclic) bond motifs is 2. The van der Waals surface area contributed by atoms with Gasteiger partial charge in [-0.2, -0.15) is 0 Å². The Morgan fingerprint density at radius 2 is 0.976 bits per heavy atom. The first-order chi connectivity index (χ1) is 19.6. The Kier molecular flexibility index (Phi) is 9.24. The van der Waals surface area contributed by atoms with Crippen molar-refractivity contribution in [1.29, 1.82) is 0 Å². The minimum absolute atomic E-state index is 0.0859. The SMILES string of the molecule is C[C@H](NC(=O)[C@H](C)NC(=O)c1cccc2c1Oc1c(C(=O)N[C@@H](C)C(=O)N[C@@H](C)C(=O)O)cccc1C2(C)C)C(=O)O. The number of hydrogen-bond donors (Lipinski definition) is 6. The Labute approximate surface area is 242 Å². The molecule has 1 heterocycles. The van der Waals surface area contributed by atoms with E-state index < -0.39 is 65.1 Å². The molecule has 2 aromatic rings. The summed E-state index contributed by atoms with van der Waals surface area (Å²) in [5.41, 5.74) is 0.722. The van der Waals surface area contributed by atoms with Gasteiger partial charge in [0.15, 0.2) is 0 Å². The van der Waals surface area contributed by atoms with Gasteiger partial charge in [0.2, 0.25) is 11.8 Å². The normalized spacial score (nSPS) is 15.7. The van der Waals surface area contributed by atoms with Crippen LogP contribution in [-0.4, -0.2) is 69.9 Å². The van der Waals surface area contributed by atoms with Gasteiger partial charge in [0, 0.05) is 16.5 Å². The van der Waals surface area contributed by atoms with E-state index in [2.05, 4.69) is 21.3 Å². The predicted octanol–water partition coefficient (Wildman–Crippen LogP) is 1.53. The van der Waals surface area contributed by atoms with Gasteiger partial charge in [-0.05, 0) is 39.8 Å². The second-order valence-electron chi connectivity index (χ2n) is 10.6. The molecule has 0 radical (unpaired) electrons. The zero-order valence-corrected chi connectivity index (χ0v) is 24.0. The summed E-state index contributed by atoms with van der Waals surface area (Å²) in [5, 5.41) is 27.8. The van der Waals surface area contributed by atoms with Crippen molar-refractivity contribution in [1.82, 2.24) is 21.3 Å². The van der Waals surface area contributed by atoms with Gasteiger partial charge >= 0.3 is 11.9 Å². The number of hydrogen-bond acceptors (Lipinski definition) is 7. The number of benzene rings is 2. The molecule has 3 rings (SSSR count). The number of carboxylic acids is 2. The quantitative estimate of drug-likeness (QED) is 0.240. The predicted molar refractivity (Wildman–Crippen MR) is 149 cm³/mol. The van der Waals surface area contributed by atoms with E-state index in [9.17, 15) is 28.8 Å². The molecular weight excluding hydrogens is 548 g/mol. The molecule has 1 aliphatic rings. The number of aliphatic carboxylic acids is 2. The molecule has 4 atom stereocenters. The van der Waals surface area contributed by atoms with E-state index in [1.807, 2.05) is 13.8 Å². The highest BCUT2D eigenvalue weighted by atomic mass is 16.5.